The summed E-state index contributed by atoms with van der Waals surface area (Å²) in [7, 11) is 0. The molecule has 0 bridgehead atoms. The van der Waals surface area contributed by atoms with E-state index in [0.717, 1.165) is 12.8 Å². The van der Waals surface area contributed by atoms with Crippen LogP contribution in [-0.4, -0.2) is 22.3 Å². The summed E-state index contributed by atoms with van der Waals surface area (Å²) in [6.07, 6.45) is 1.80. The minimum Gasteiger partial charge on any atom is -0.376 e. The van der Waals surface area contributed by atoms with E-state index in [4.69, 9.17) is 28.9 Å². The summed E-state index contributed by atoms with van der Waals surface area (Å²) in [5, 5.41) is 11.3. The van der Waals surface area contributed by atoms with Gasteiger partial charge in [-0.05, 0) is 12.8 Å². The molecule has 0 aliphatic carbocycles. The third-order valence-corrected chi connectivity index (χ3v) is 3.33. The molecule has 90 valence electrons. The van der Waals surface area contributed by atoms with Crippen LogP contribution in [0.4, 0.5) is 5.69 Å². The van der Waals surface area contributed by atoms with E-state index in [1.807, 2.05) is 0 Å². The molecule has 0 aromatic carbocycles. The molecule has 1 aromatic rings. The average Bonchev–Trinajstić information content (AvgIpc) is 2.31. The molecule has 1 rings (SSSR count). The van der Waals surface area contributed by atoms with Crippen LogP contribution < -0.4 is 11.1 Å². The molecule has 0 spiro atoms. The van der Waals surface area contributed by atoms with Crippen LogP contribution in [0.1, 0.15) is 26.7 Å². The van der Waals surface area contributed by atoms with Crippen molar-refractivity contribution in [2.75, 3.05) is 11.9 Å². The zero-order valence-corrected chi connectivity index (χ0v) is 10.9. The number of nitrogens with two attached hydrogens (primary N) is 1. The zero-order valence-electron chi connectivity index (χ0n) is 9.43. The third-order valence-electron chi connectivity index (χ3n) is 2.86. The first kappa shape index (κ1) is 13.5. The second-order valence-electron chi connectivity index (χ2n) is 3.69. The lowest BCUT2D eigenvalue weighted by molar-refractivity contribution is 0.445. The van der Waals surface area contributed by atoms with E-state index in [1.165, 1.54) is 0 Å². The lowest BCUT2D eigenvalue weighted by atomic mass is 9.93. The van der Waals surface area contributed by atoms with Gasteiger partial charge >= 0.3 is 0 Å². The van der Waals surface area contributed by atoms with Crippen molar-refractivity contribution >= 4 is 28.9 Å². The second-order valence-corrected chi connectivity index (χ2v) is 4.43. The van der Waals surface area contributed by atoms with Crippen molar-refractivity contribution in [3.05, 3.63) is 16.4 Å². The molecule has 0 unspecified atom stereocenters. The summed E-state index contributed by atoms with van der Waals surface area (Å²) in [4.78, 5) is 0. The first-order valence-electron chi connectivity index (χ1n) is 5.24. The molecule has 0 aliphatic heterocycles. The molecule has 0 fully saturated rings. The fourth-order valence-corrected chi connectivity index (χ4v) is 1.78. The van der Waals surface area contributed by atoms with Crippen LogP contribution in [0.5, 0.6) is 0 Å². The quantitative estimate of drug-likeness (QED) is 0.857. The van der Waals surface area contributed by atoms with Gasteiger partial charge in [0, 0.05) is 18.2 Å². The number of halogens is 2. The van der Waals surface area contributed by atoms with Crippen LogP contribution in [0.25, 0.3) is 0 Å². The molecule has 0 saturated heterocycles. The average molecular weight is 263 g/mol. The molecule has 0 saturated carbocycles. The fourth-order valence-electron chi connectivity index (χ4n) is 1.49. The van der Waals surface area contributed by atoms with Gasteiger partial charge in [0.2, 0.25) is 0 Å². The number of nitrogens with one attached hydrogen (secondary N) is 1. The van der Waals surface area contributed by atoms with Gasteiger partial charge in [-0.15, -0.1) is 10.2 Å². The lowest BCUT2D eigenvalue weighted by Crippen LogP contribution is -2.44. The van der Waals surface area contributed by atoms with Crippen LogP contribution in [0, 0.1) is 0 Å². The smallest absolute Gasteiger partial charge is 0.174 e. The molecular formula is C10H16Cl2N4. The Bertz CT molecular complexity index is 344. The summed E-state index contributed by atoms with van der Waals surface area (Å²) in [6, 6.07) is 1.66. The first-order chi connectivity index (χ1) is 7.56. The van der Waals surface area contributed by atoms with Crippen LogP contribution in [-0.2, 0) is 0 Å². The summed E-state index contributed by atoms with van der Waals surface area (Å²) in [5.74, 6) is 0. The normalized spacial score (nSPS) is 11.6. The van der Waals surface area contributed by atoms with E-state index in [2.05, 4.69) is 29.4 Å². The molecule has 0 aliphatic rings. The Morgan fingerprint density at radius 1 is 1.31 bits per heavy atom. The van der Waals surface area contributed by atoms with Gasteiger partial charge < -0.3 is 11.1 Å². The number of rotatable bonds is 5. The number of anilines is 1. The maximum Gasteiger partial charge on any atom is 0.174 e. The molecule has 16 heavy (non-hydrogen) atoms. The number of nitrogens with zero attached hydrogens (tertiary/aromatic N) is 2. The molecule has 1 aromatic heterocycles. The van der Waals surface area contributed by atoms with Gasteiger partial charge in [0.15, 0.2) is 10.3 Å². The van der Waals surface area contributed by atoms with Gasteiger partial charge in [0.1, 0.15) is 0 Å². The van der Waals surface area contributed by atoms with E-state index < -0.39 is 0 Å². The van der Waals surface area contributed by atoms with Gasteiger partial charge in [-0.1, -0.05) is 37.0 Å². The van der Waals surface area contributed by atoms with E-state index in [1.54, 1.807) is 6.07 Å². The Morgan fingerprint density at radius 2 is 1.94 bits per heavy atom. The highest BCUT2D eigenvalue weighted by Crippen LogP contribution is 2.27. The SMILES string of the molecule is CCC(CC)(CN)Nc1cc(Cl)nnc1Cl. The van der Waals surface area contributed by atoms with Crippen molar-refractivity contribution in [2.45, 2.75) is 32.2 Å². The molecule has 0 radical (unpaired) electrons. The molecule has 1 heterocycles. The molecule has 3 N–H and O–H groups in total. The Morgan fingerprint density at radius 3 is 2.44 bits per heavy atom. The Balaban J connectivity index is 2.97. The molecule has 0 amide bonds. The molecular weight excluding hydrogens is 247 g/mol. The van der Waals surface area contributed by atoms with E-state index in [0.29, 0.717) is 22.5 Å². The van der Waals surface area contributed by atoms with Crippen LogP contribution in [0.15, 0.2) is 6.07 Å². The second kappa shape index (κ2) is 5.66. The van der Waals surface area contributed by atoms with E-state index in [9.17, 15) is 0 Å². The monoisotopic (exact) mass is 262 g/mol. The predicted octanol–water partition coefficient (Wildman–Crippen LogP) is 2.71. The standard InChI is InChI=1S/C10H16Cl2N4/c1-3-10(4-2,6-13)14-7-5-8(11)15-16-9(7)12/h5H,3-4,6,13H2,1-2H3,(H,14,15). The van der Waals surface area contributed by atoms with Gasteiger partial charge in [-0.3, -0.25) is 0 Å². The van der Waals surface area contributed by atoms with Crippen LogP contribution >= 0.6 is 23.2 Å². The summed E-state index contributed by atoms with van der Waals surface area (Å²) < 4.78 is 0. The fraction of sp³-hybridized carbons (Fsp3) is 0.600. The van der Waals surface area contributed by atoms with Gasteiger partial charge in [-0.2, -0.15) is 0 Å². The van der Waals surface area contributed by atoms with E-state index >= 15 is 0 Å². The van der Waals surface area contributed by atoms with Crippen LogP contribution in [0.3, 0.4) is 0 Å². The van der Waals surface area contributed by atoms with E-state index in [-0.39, 0.29) is 5.54 Å². The van der Waals surface area contributed by atoms with Crippen LogP contribution in [0.2, 0.25) is 10.3 Å². The number of hydrogen-bond acceptors (Lipinski definition) is 4. The Hall–Kier alpha value is -0.580. The highest BCUT2D eigenvalue weighted by atomic mass is 35.5. The highest BCUT2D eigenvalue weighted by Gasteiger charge is 2.25. The summed E-state index contributed by atoms with van der Waals surface area (Å²) in [6.45, 7) is 4.68. The molecule has 4 nitrogen and oxygen atoms in total. The third kappa shape index (κ3) is 2.97. The van der Waals surface area contributed by atoms with Gasteiger partial charge in [0.05, 0.1) is 5.69 Å². The van der Waals surface area contributed by atoms with Crippen molar-refractivity contribution in [3.63, 3.8) is 0 Å². The van der Waals surface area contributed by atoms with Crippen molar-refractivity contribution in [2.24, 2.45) is 5.73 Å². The molecule has 0 atom stereocenters. The number of aromatic nitrogens is 2. The largest absolute Gasteiger partial charge is 0.376 e. The lowest BCUT2D eigenvalue weighted by Gasteiger charge is -2.32. The van der Waals surface area contributed by atoms with Gasteiger partial charge in [0.25, 0.3) is 0 Å². The van der Waals surface area contributed by atoms with Gasteiger partial charge in [-0.25, -0.2) is 0 Å². The topological polar surface area (TPSA) is 63.8 Å². The summed E-state index contributed by atoms with van der Waals surface area (Å²) >= 11 is 11.7. The maximum absolute atomic E-state index is 5.94. The predicted molar refractivity (Wildman–Crippen MR) is 68.0 cm³/mol. The number of hydrogen-bond donors (Lipinski definition) is 2. The Kier molecular flexibility index (Phi) is 4.77. The first-order valence-corrected chi connectivity index (χ1v) is 5.99. The van der Waals surface area contributed by atoms with Crippen molar-refractivity contribution in [1.82, 2.24) is 10.2 Å². The van der Waals surface area contributed by atoms with Crippen molar-refractivity contribution < 1.29 is 0 Å². The minimum atomic E-state index is -0.171. The maximum atomic E-state index is 5.94. The Labute approximate surface area is 106 Å². The molecule has 6 heteroatoms. The van der Waals surface area contributed by atoms with Crippen molar-refractivity contribution in [1.29, 1.82) is 0 Å². The minimum absolute atomic E-state index is 0.171. The highest BCUT2D eigenvalue weighted by molar-refractivity contribution is 6.33. The summed E-state index contributed by atoms with van der Waals surface area (Å²) in [5.41, 5.74) is 6.30. The van der Waals surface area contributed by atoms with Crippen molar-refractivity contribution in [3.8, 4) is 0 Å². The zero-order chi connectivity index (χ0) is 12.2.